The Balaban J connectivity index is 2.03. The number of allylic oxidation sites excluding steroid dienone is 2. The van der Waals surface area contributed by atoms with E-state index in [1.54, 1.807) is 5.57 Å². The van der Waals surface area contributed by atoms with Gasteiger partial charge in [-0.25, -0.2) is 0 Å². The lowest BCUT2D eigenvalue weighted by molar-refractivity contribution is 0.424. The molecule has 2 N–H and O–H groups in total. The number of nitrogens with one attached hydrogen (secondary N) is 2. The standard InChI is InChI=1S/C19H30N4/c1-6-7-16-13-23(5)17(10-14(16)2)11-21-12-18-15(3)22-9-8-19(18)20-4/h8-10,12,19-21H,6-7,11,13H2,1-5H3/b18-12-. The second-order valence-corrected chi connectivity index (χ2v) is 6.33. The molecule has 2 rings (SSSR count). The van der Waals surface area contributed by atoms with Crippen LogP contribution < -0.4 is 10.6 Å². The van der Waals surface area contributed by atoms with Crippen LogP contribution in [0.2, 0.25) is 0 Å². The maximum absolute atomic E-state index is 4.39. The Labute approximate surface area is 140 Å². The van der Waals surface area contributed by atoms with Gasteiger partial charge in [0.1, 0.15) is 0 Å². The lowest BCUT2D eigenvalue weighted by Crippen LogP contribution is -2.33. The molecule has 4 nitrogen and oxygen atoms in total. The minimum Gasteiger partial charge on any atom is -0.385 e. The summed E-state index contributed by atoms with van der Waals surface area (Å²) >= 11 is 0. The van der Waals surface area contributed by atoms with Crippen molar-refractivity contribution in [3.05, 3.63) is 47.0 Å². The SMILES string of the molecule is CCCC1=C(C)C=C(CN/C=C2/C(C)=NC=CC2NC)N(C)C1. The van der Waals surface area contributed by atoms with Crippen molar-refractivity contribution in [2.45, 2.75) is 39.7 Å². The Morgan fingerprint density at radius 3 is 2.87 bits per heavy atom. The van der Waals surface area contributed by atoms with Gasteiger partial charge in [-0.1, -0.05) is 13.3 Å². The van der Waals surface area contributed by atoms with E-state index in [1.807, 2.05) is 13.2 Å². The van der Waals surface area contributed by atoms with E-state index in [0.29, 0.717) is 0 Å². The average molecular weight is 314 g/mol. The van der Waals surface area contributed by atoms with Crippen molar-refractivity contribution in [3.63, 3.8) is 0 Å². The molecule has 0 aromatic heterocycles. The van der Waals surface area contributed by atoms with Crippen LogP contribution in [0.1, 0.15) is 33.6 Å². The number of hydrogen-bond donors (Lipinski definition) is 2. The Hall–Kier alpha value is -1.81. The van der Waals surface area contributed by atoms with E-state index in [9.17, 15) is 0 Å². The van der Waals surface area contributed by atoms with Crippen LogP contribution in [-0.2, 0) is 0 Å². The van der Waals surface area contributed by atoms with Crippen molar-refractivity contribution < 1.29 is 0 Å². The summed E-state index contributed by atoms with van der Waals surface area (Å²) in [5, 5.41) is 6.77. The van der Waals surface area contributed by atoms with Crippen molar-refractivity contribution in [2.24, 2.45) is 4.99 Å². The summed E-state index contributed by atoms with van der Waals surface area (Å²) in [6.45, 7) is 8.41. The predicted octanol–water partition coefficient (Wildman–Crippen LogP) is 2.98. The first-order chi connectivity index (χ1) is 11.1. The monoisotopic (exact) mass is 314 g/mol. The Bertz CT molecular complexity index is 578. The normalized spacial score (nSPS) is 23.3. The summed E-state index contributed by atoms with van der Waals surface area (Å²) in [7, 11) is 4.15. The summed E-state index contributed by atoms with van der Waals surface area (Å²) in [6.07, 6.45) is 10.8. The molecule has 4 heteroatoms. The molecule has 0 amide bonds. The molecule has 0 radical (unpaired) electrons. The van der Waals surface area contributed by atoms with Crippen molar-refractivity contribution in [3.8, 4) is 0 Å². The van der Waals surface area contributed by atoms with E-state index in [4.69, 9.17) is 0 Å². The van der Waals surface area contributed by atoms with Crippen LogP contribution in [0, 0.1) is 0 Å². The largest absolute Gasteiger partial charge is 0.385 e. The van der Waals surface area contributed by atoms with Crippen LogP contribution in [-0.4, -0.2) is 43.8 Å². The maximum atomic E-state index is 4.39. The van der Waals surface area contributed by atoms with Gasteiger partial charge in [0, 0.05) is 43.0 Å². The predicted molar refractivity (Wildman–Crippen MR) is 99.5 cm³/mol. The van der Waals surface area contributed by atoms with Crippen LogP contribution in [0.4, 0.5) is 0 Å². The molecule has 126 valence electrons. The van der Waals surface area contributed by atoms with E-state index < -0.39 is 0 Å². The van der Waals surface area contributed by atoms with Gasteiger partial charge in [0.15, 0.2) is 0 Å². The van der Waals surface area contributed by atoms with Crippen LogP contribution in [0.5, 0.6) is 0 Å². The molecule has 0 saturated carbocycles. The van der Waals surface area contributed by atoms with Crippen LogP contribution in [0.3, 0.4) is 0 Å². The molecule has 0 aliphatic carbocycles. The second kappa shape index (κ2) is 8.16. The molecule has 1 unspecified atom stereocenters. The van der Waals surface area contributed by atoms with Crippen molar-refractivity contribution in [1.82, 2.24) is 15.5 Å². The van der Waals surface area contributed by atoms with Gasteiger partial charge in [0.25, 0.3) is 0 Å². The molecular weight excluding hydrogens is 284 g/mol. The zero-order valence-electron chi connectivity index (χ0n) is 15.1. The molecule has 0 aromatic carbocycles. The summed E-state index contributed by atoms with van der Waals surface area (Å²) in [5.74, 6) is 0. The third-order valence-electron chi connectivity index (χ3n) is 4.56. The quantitative estimate of drug-likeness (QED) is 0.792. The van der Waals surface area contributed by atoms with E-state index in [-0.39, 0.29) is 6.04 Å². The first-order valence-corrected chi connectivity index (χ1v) is 8.49. The fraction of sp³-hybridized carbons (Fsp3) is 0.526. The lowest BCUT2D eigenvalue weighted by atomic mass is 9.99. The van der Waals surface area contributed by atoms with Crippen LogP contribution in [0.25, 0.3) is 0 Å². The molecule has 0 saturated heterocycles. The Morgan fingerprint density at radius 2 is 2.17 bits per heavy atom. The van der Waals surface area contributed by atoms with Gasteiger partial charge in [-0.3, -0.25) is 4.99 Å². The van der Waals surface area contributed by atoms with Crippen molar-refractivity contribution >= 4 is 5.71 Å². The number of nitrogens with zero attached hydrogens (tertiary/aromatic N) is 2. The van der Waals surface area contributed by atoms with Gasteiger partial charge in [-0.2, -0.15) is 0 Å². The number of hydrogen-bond acceptors (Lipinski definition) is 4. The number of aliphatic imine (C=N–C) groups is 1. The van der Waals surface area contributed by atoms with E-state index >= 15 is 0 Å². The minimum atomic E-state index is 0.232. The number of likely N-dealkylation sites (N-methyl/N-ethyl adjacent to an activating group) is 2. The van der Waals surface area contributed by atoms with Gasteiger partial charge in [0.05, 0.1) is 12.6 Å². The first-order valence-electron chi connectivity index (χ1n) is 8.49. The smallest absolute Gasteiger partial charge is 0.0554 e. The minimum absolute atomic E-state index is 0.232. The van der Waals surface area contributed by atoms with E-state index in [0.717, 1.165) is 18.8 Å². The second-order valence-electron chi connectivity index (χ2n) is 6.33. The molecule has 2 aliphatic rings. The van der Waals surface area contributed by atoms with Crippen LogP contribution in [0.15, 0.2) is 52.0 Å². The van der Waals surface area contributed by atoms with Crippen molar-refractivity contribution in [1.29, 1.82) is 0 Å². The highest BCUT2D eigenvalue weighted by atomic mass is 15.1. The van der Waals surface area contributed by atoms with E-state index in [1.165, 1.54) is 29.7 Å². The molecule has 2 heterocycles. The third-order valence-corrected chi connectivity index (χ3v) is 4.56. The zero-order valence-corrected chi connectivity index (χ0v) is 15.1. The van der Waals surface area contributed by atoms with Crippen LogP contribution >= 0.6 is 0 Å². The van der Waals surface area contributed by atoms with Gasteiger partial charge in [0.2, 0.25) is 0 Å². The summed E-state index contributed by atoms with van der Waals surface area (Å²) in [6, 6.07) is 0.232. The summed E-state index contributed by atoms with van der Waals surface area (Å²) < 4.78 is 0. The Morgan fingerprint density at radius 1 is 1.39 bits per heavy atom. The van der Waals surface area contributed by atoms with Crippen molar-refractivity contribution in [2.75, 3.05) is 27.2 Å². The van der Waals surface area contributed by atoms with Gasteiger partial charge < -0.3 is 15.5 Å². The fourth-order valence-corrected chi connectivity index (χ4v) is 3.09. The van der Waals surface area contributed by atoms with E-state index in [2.05, 4.69) is 66.7 Å². The van der Waals surface area contributed by atoms with Gasteiger partial charge in [-0.05, 0) is 50.6 Å². The summed E-state index contributed by atoms with van der Waals surface area (Å²) in [4.78, 5) is 6.74. The molecule has 0 fully saturated rings. The van der Waals surface area contributed by atoms with Gasteiger partial charge in [-0.15, -0.1) is 0 Å². The average Bonchev–Trinajstić information content (AvgIpc) is 2.53. The maximum Gasteiger partial charge on any atom is 0.0554 e. The highest BCUT2D eigenvalue weighted by Gasteiger charge is 2.16. The highest BCUT2D eigenvalue weighted by molar-refractivity contribution is 6.00. The molecule has 0 spiro atoms. The molecule has 23 heavy (non-hydrogen) atoms. The zero-order chi connectivity index (χ0) is 16.8. The highest BCUT2D eigenvalue weighted by Crippen LogP contribution is 2.22. The summed E-state index contributed by atoms with van der Waals surface area (Å²) in [5.41, 5.74) is 6.59. The first kappa shape index (κ1) is 17.5. The Kier molecular flexibility index (Phi) is 6.22. The van der Waals surface area contributed by atoms with Gasteiger partial charge >= 0.3 is 0 Å². The fourth-order valence-electron chi connectivity index (χ4n) is 3.09. The topological polar surface area (TPSA) is 39.7 Å². The molecule has 0 bridgehead atoms. The molecule has 0 aromatic rings. The molecular formula is C19H30N4. The number of rotatable bonds is 6. The third kappa shape index (κ3) is 4.35. The molecule has 1 atom stereocenters. The molecule has 2 aliphatic heterocycles. The lowest BCUT2D eigenvalue weighted by Gasteiger charge is -2.29.